The molecule has 2 fully saturated rings. The second-order valence-electron chi connectivity index (χ2n) is 11.1. The van der Waals surface area contributed by atoms with Crippen LogP contribution in [-0.2, 0) is 9.53 Å². The standard InChI is InChI=1S/C31H36N6O6S/c32-25-26(29(38)35-20-5-2-1-3-6-20)36-44-28(25)31(40)37(21-8-9-23-24(17-21)43-16-15-42-23)27(19-10-12-33-13-11-19)30(39)34-18-22-7-4-14-41-22/h8-13,17,20,22,27H,1-7,14-16,18,32H2,(H,34,39)(H,35,38). The van der Waals surface area contributed by atoms with Crippen molar-refractivity contribution in [3.05, 3.63) is 58.9 Å². The fraction of sp³-hybridized carbons (Fsp3) is 0.452. The Morgan fingerprint density at radius 2 is 1.75 bits per heavy atom. The lowest BCUT2D eigenvalue weighted by Gasteiger charge is -2.32. The maximum Gasteiger partial charge on any atom is 0.273 e. The van der Waals surface area contributed by atoms with E-state index in [1.165, 1.54) is 4.90 Å². The number of carbonyl (C=O) groups is 3. The minimum atomic E-state index is -1.12. The maximum atomic E-state index is 14.5. The van der Waals surface area contributed by atoms with Crippen molar-refractivity contribution in [3.8, 4) is 11.5 Å². The number of aromatic nitrogens is 2. The minimum absolute atomic E-state index is 0.00865. The van der Waals surface area contributed by atoms with Crippen LogP contribution in [0.3, 0.4) is 0 Å². The van der Waals surface area contributed by atoms with E-state index >= 15 is 0 Å². The average Bonchev–Trinajstić information content (AvgIpc) is 3.72. The summed E-state index contributed by atoms with van der Waals surface area (Å²) in [6.45, 7) is 1.71. The molecule has 3 aliphatic rings. The number of hydrogen-bond acceptors (Lipinski definition) is 10. The molecule has 3 amide bonds. The normalized spacial score (nSPS) is 18.8. The van der Waals surface area contributed by atoms with Crippen molar-refractivity contribution in [2.75, 3.05) is 37.0 Å². The van der Waals surface area contributed by atoms with Gasteiger partial charge in [-0.05, 0) is 67.0 Å². The molecule has 4 heterocycles. The number of nitrogens with two attached hydrogens (primary N) is 1. The van der Waals surface area contributed by atoms with Crippen LogP contribution in [0.15, 0.2) is 42.7 Å². The van der Waals surface area contributed by atoms with Gasteiger partial charge in [0.15, 0.2) is 17.2 Å². The molecule has 12 nitrogen and oxygen atoms in total. The number of carbonyl (C=O) groups excluding carboxylic acids is 3. The number of amides is 3. The van der Waals surface area contributed by atoms with E-state index in [4.69, 9.17) is 19.9 Å². The Balaban J connectivity index is 1.37. The van der Waals surface area contributed by atoms with Crippen molar-refractivity contribution in [2.24, 2.45) is 0 Å². The van der Waals surface area contributed by atoms with Crippen LogP contribution in [0, 0.1) is 0 Å². The van der Waals surface area contributed by atoms with Gasteiger partial charge in [-0.1, -0.05) is 19.3 Å². The number of hydrogen-bond donors (Lipinski definition) is 3. The highest BCUT2D eigenvalue weighted by molar-refractivity contribution is 7.09. The number of nitrogens with one attached hydrogen (secondary N) is 2. The second-order valence-corrected chi connectivity index (χ2v) is 11.9. The molecule has 2 atom stereocenters. The van der Waals surface area contributed by atoms with Crippen molar-refractivity contribution < 1.29 is 28.6 Å². The van der Waals surface area contributed by atoms with Gasteiger partial charge in [0, 0.05) is 43.3 Å². The lowest BCUT2D eigenvalue weighted by molar-refractivity contribution is -0.123. The third kappa shape index (κ3) is 6.48. The van der Waals surface area contributed by atoms with Crippen LogP contribution in [0.1, 0.15) is 76.7 Å². The second kappa shape index (κ2) is 13.6. The van der Waals surface area contributed by atoms with Gasteiger partial charge in [-0.3, -0.25) is 24.3 Å². The van der Waals surface area contributed by atoms with E-state index in [0.717, 1.165) is 56.5 Å². The molecule has 0 spiro atoms. The van der Waals surface area contributed by atoms with Gasteiger partial charge in [0.1, 0.15) is 24.1 Å². The van der Waals surface area contributed by atoms with Gasteiger partial charge in [0.2, 0.25) is 5.91 Å². The van der Waals surface area contributed by atoms with Crippen LogP contribution in [-0.4, -0.2) is 65.6 Å². The molecule has 0 bridgehead atoms. The van der Waals surface area contributed by atoms with E-state index in [0.29, 0.717) is 49.1 Å². The van der Waals surface area contributed by atoms with E-state index in [1.807, 2.05) is 0 Å². The largest absolute Gasteiger partial charge is 0.486 e. The van der Waals surface area contributed by atoms with Crippen molar-refractivity contribution >= 4 is 40.6 Å². The molecular formula is C31H36N6O6S. The Hall–Kier alpha value is -4.23. The minimum Gasteiger partial charge on any atom is -0.486 e. The number of anilines is 2. The fourth-order valence-corrected chi connectivity index (χ4v) is 6.61. The van der Waals surface area contributed by atoms with E-state index in [1.54, 1.807) is 42.7 Å². The highest BCUT2D eigenvalue weighted by Crippen LogP contribution is 2.39. The Bertz CT molecular complexity index is 1490. The number of ether oxygens (including phenoxy) is 3. The van der Waals surface area contributed by atoms with Crippen LogP contribution in [0.25, 0.3) is 0 Å². The summed E-state index contributed by atoms with van der Waals surface area (Å²) in [5.74, 6) is -0.411. The molecule has 2 aliphatic heterocycles. The van der Waals surface area contributed by atoms with E-state index in [-0.39, 0.29) is 28.4 Å². The monoisotopic (exact) mass is 620 g/mol. The van der Waals surface area contributed by atoms with E-state index < -0.39 is 23.8 Å². The SMILES string of the molecule is Nc1c(C(=O)NC2CCCCC2)nsc1C(=O)N(c1ccc2c(c1)OCCO2)C(C(=O)NCC1CCCO1)c1ccncc1. The van der Waals surface area contributed by atoms with Gasteiger partial charge in [-0.15, -0.1) is 0 Å². The van der Waals surface area contributed by atoms with E-state index in [2.05, 4.69) is 20.0 Å². The summed E-state index contributed by atoms with van der Waals surface area (Å²) in [5, 5.41) is 6.00. The lowest BCUT2D eigenvalue weighted by atomic mass is 9.95. The number of pyridine rings is 1. The zero-order chi connectivity index (χ0) is 30.5. The van der Waals surface area contributed by atoms with Gasteiger partial charge in [0.05, 0.1) is 11.8 Å². The first kappa shape index (κ1) is 29.8. The molecule has 13 heteroatoms. The number of fused-ring (bicyclic) bond motifs is 1. The lowest BCUT2D eigenvalue weighted by Crippen LogP contribution is -2.45. The molecule has 2 unspecified atom stereocenters. The van der Waals surface area contributed by atoms with Crippen LogP contribution in [0.4, 0.5) is 11.4 Å². The predicted octanol–water partition coefficient (Wildman–Crippen LogP) is 3.64. The number of nitrogens with zero attached hydrogens (tertiary/aromatic N) is 3. The van der Waals surface area contributed by atoms with Crippen molar-refractivity contribution in [2.45, 2.75) is 63.1 Å². The first-order valence-electron chi connectivity index (χ1n) is 15.1. The molecule has 1 saturated carbocycles. The molecule has 44 heavy (non-hydrogen) atoms. The van der Waals surface area contributed by atoms with Crippen LogP contribution in [0.2, 0.25) is 0 Å². The summed E-state index contributed by atoms with van der Waals surface area (Å²) in [4.78, 5) is 47.2. The third-order valence-electron chi connectivity index (χ3n) is 8.16. The smallest absolute Gasteiger partial charge is 0.273 e. The van der Waals surface area contributed by atoms with Crippen LogP contribution in [0.5, 0.6) is 11.5 Å². The highest BCUT2D eigenvalue weighted by Gasteiger charge is 2.37. The molecule has 4 N–H and O–H groups in total. The number of nitrogen functional groups attached to an aromatic ring is 1. The van der Waals surface area contributed by atoms with Gasteiger partial charge in [-0.2, -0.15) is 4.37 Å². The molecule has 0 radical (unpaired) electrons. The molecule has 2 aromatic heterocycles. The Morgan fingerprint density at radius 3 is 2.50 bits per heavy atom. The molecule has 1 saturated heterocycles. The third-order valence-corrected chi connectivity index (χ3v) is 9.01. The van der Waals surface area contributed by atoms with Gasteiger partial charge in [0.25, 0.3) is 11.8 Å². The maximum absolute atomic E-state index is 14.5. The molecule has 6 rings (SSSR count). The predicted molar refractivity (Wildman–Crippen MR) is 164 cm³/mol. The number of benzene rings is 1. The fourth-order valence-electron chi connectivity index (χ4n) is 5.87. The Morgan fingerprint density at radius 1 is 0.977 bits per heavy atom. The van der Waals surface area contributed by atoms with E-state index in [9.17, 15) is 14.4 Å². The Labute approximate surface area is 259 Å². The molecule has 3 aromatic rings. The first-order valence-corrected chi connectivity index (χ1v) is 15.9. The quantitative estimate of drug-likeness (QED) is 0.325. The first-order chi connectivity index (χ1) is 21.5. The van der Waals surface area contributed by atoms with Gasteiger partial charge >= 0.3 is 0 Å². The average molecular weight is 621 g/mol. The molecule has 232 valence electrons. The van der Waals surface area contributed by atoms with Crippen LogP contribution >= 0.6 is 11.5 Å². The summed E-state index contributed by atoms with van der Waals surface area (Å²) in [6, 6.07) is 7.38. The Kier molecular flexibility index (Phi) is 9.22. The van der Waals surface area contributed by atoms with Gasteiger partial charge in [-0.25, -0.2) is 0 Å². The van der Waals surface area contributed by atoms with Crippen molar-refractivity contribution in [1.82, 2.24) is 20.0 Å². The van der Waals surface area contributed by atoms with Crippen molar-refractivity contribution in [3.63, 3.8) is 0 Å². The molecule has 1 aromatic carbocycles. The van der Waals surface area contributed by atoms with Gasteiger partial charge < -0.3 is 30.6 Å². The summed E-state index contributed by atoms with van der Waals surface area (Å²) in [5.41, 5.74) is 7.36. The summed E-state index contributed by atoms with van der Waals surface area (Å²) >= 11 is 0.837. The summed E-state index contributed by atoms with van der Waals surface area (Å²) < 4.78 is 21.5. The zero-order valence-electron chi connectivity index (χ0n) is 24.3. The molecule has 1 aliphatic carbocycles. The topological polar surface area (TPSA) is 158 Å². The highest BCUT2D eigenvalue weighted by atomic mass is 32.1. The van der Waals surface area contributed by atoms with Crippen LogP contribution < -0.4 is 30.7 Å². The summed E-state index contributed by atoms with van der Waals surface area (Å²) in [6.07, 6.45) is 9.85. The number of rotatable bonds is 9. The molecular weight excluding hydrogens is 584 g/mol. The zero-order valence-corrected chi connectivity index (χ0v) is 25.1. The summed E-state index contributed by atoms with van der Waals surface area (Å²) in [7, 11) is 0. The van der Waals surface area contributed by atoms with Crippen molar-refractivity contribution in [1.29, 1.82) is 0 Å².